The van der Waals surface area contributed by atoms with Crippen LogP contribution in [0.5, 0.6) is 0 Å². The molecule has 3 N–H and O–H groups in total. The van der Waals surface area contributed by atoms with E-state index in [1.807, 2.05) is 0 Å². The summed E-state index contributed by atoms with van der Waals surface area (Å²) in [7, 11) is 0. The van der Waals surface area contributed by atoms with Crippen LogP contribution in [0.25, 0.3) is 0 Å². The summed E-state index contributed by atoms with van der Waals surface area (Å²) in [5, 5.41) is 26.3. The molecule has 0 aromatic carbocycles. The molecule has 1 aliphatic rings. The van der Waals surface area contributed by atoms with Crippen LogP contribution in [-0.2, 0) is 9.47 Å². The summed E-state index contributed by atoms with van der Waals surface area (Å²) >= 11 is 0. The molecular formula is C6H12O5. The van der Waals surface area contributed by atoms with Gasteiger partial charge in [-0.3, -0.25) is 0 Å². The van der Waals surface area contributed by atoms with Gasteiger partial charge in [0.15, 0.2) is 12.6 Å². The summed E-state index contributed by atoms with van der Waals surface area (Å²) in [5.74, 6) is 0. The van der Waals surface area contributed by atoms with E-state index in [1.54, 1.807) is 6.92 Å². The van der Waals surface area contributed by atoms with Gasteiger partial charge >= 0.3 is 0 Å². The molecule has 0 aliphatic carbocycles. The predicted octanol–water partition coefficient (Wildman–Crippen LogP) is -1.58. The zero-order valence-electron chi connectivity index (χ0n) is 6.17. The first-order chi connectivity index (χ1) is 5.11. The van der Waals surface area contributed by atoms with Crippen molar-refractivity contribution in [1.29, 1.82) is 0 Å². The van der Waals surface area contributed by atoms with Crippen LogP contribution in [0.1, 0.15) is 6.92 Å². The molecule has 3 atom stereocenters. The normalized spacial score (nSPS) is 39.5. The third-order valence-corrected chi connectivity index (χ3v) is 1.55. The van der Waals surface area contributed by atoms with E-state index in [-0.39, 0.29) is 6.61 Å². The molecule has 1 fully saturated rings. The first-order valence-electron chi connectivity index (χ1n) is 3.42. The van der Waals surface area contributed by atoms with Crippen molar-refractivity contribution in [2.24, 2.45) is 0 Å². The lowest BCUT2D eigenvalue weighted by Gasteiger charge is -2.32. The van der Waals surface area contributed by atoms with Gasteiger partial charge in [0.1, 0.15) is 12.2 Å². The number of ether oxygens (including phenoxy) is 2. The molecule has 5 heteroatoms. The Labute approximate surface area is 64.2 Å². The van der Waals surface area contributed by atoms with E-state index in [0.717, 1.165) is 0 Å². The summed E-state index contributed by atoms with van der Waals surface area (Å²) in [6.45, 7) is 1.60. The van der Waals surface area contributed by atoms with Crippen molar-refractivity contribution in [3.05, 3.63) is 0 Å². The zero-order valence-corrected chi connectivity index (χ0v) is 6.17. The lowest BCUT2D eigenvalue weighted by molar-refractivity contribution is -0.285. The minimum absolute atomic E-state index is 0.00315. The lowest BCUT2D eigenvalue weighted by atomic mass is 10.3. The van der Waals surface area contributed by atoms with Crippen molar-refractivity contribution in [3.63, 3.8) is 0 Å². The van der Waals surface area contributed by atoms with Crippen molar-refractivity contribution in [2.75, 3.05) is 6.61 Å². The van der Waals surface area contributed by atoms with E-state index in [9.17, 15) is 0 Å². The topological polar surface area (TPSA) is 79.2 Å². The Morgan fingerprint density at radius 3 is 2.55 bits per heavy atom. The van der Waals surface area contributed by atoms with Crippen molar-refractivity contribution in [3.8, 4) is 0 Å². The smallest absolute Gasteiger partial charge is 0.180 e. The Morgan fingerprint density at radius 1 is 1.45 bits per heavy atom. The number of hydrogen-bond acceptors (Lipinski definition) is 5. The van der Waals surface area contributed by atoms with Crippen molar-refractivity contribution in [1.82, 2.24) is 0 Å². The second-order valence-corrected chi connectivity index (χ2v) is 2.52. The van der Waals surface area contributed by atoms with Gasteiger partial charge in [0.05, 0.1) is 6.61 Å². The fourth-order valence-electron chi connectivity index (χ4n) is 0.867. The quantitative estimate of drug-likeness (QED) is 0.407. The minimum Gasteiger partial charge on any atom is -0.366 e. The molecule has 0 aromatic rings. The summed E-state index contributed by atoms with van der Waals surface area (Å²) in [6, 6.07) is 0. The van der Waals surface area contributed by atoms with Crippen LogP contribution >= 0.6 is 0 Å². The molecule has 3 unspecified atom stereocenters. The summed E-state index contributed by atoms with van der Waals surface area (Å²) < 4.78 is 9.76. The SMILES string of the molecule is CC1OC(C(O)O)COC1O. The van der Waals surface area contributed by atoms with E-state index < -0.39 is 24.8 Å². The largest absolute Gasteiger partial charge is 0.366 e. The maximum Gasteiger partial charge on any atom is 0.180 e. The van der Waals surface area contributed by atoms with Gasteiger partial charge in [-0.25, -0.2) is 0 Å². The Kier molecular flexibility index (Phi) is 2.80. The van der Waals surface area contributed by atoms with Gasteiger partial charge in [-0.2, -0.15) is 0 Å². The highest BCUT2D eigenvalue weighted by atomic mass is 16.7. The van der Waals surface area contributed by atoms with E-state index in [0.29, 0.717) is 0 Å². The van der Waals surface area contributed by atoms with E-state index in [2.05, 4.69) is 0 Å². The van der Waals surface area contributed by atoms with Crippen LogP contribution < -0.4 is 0 Å². The molecule has 1 saturated heterocycles. The summed E-state index contributed by atoms with van der Waals surface area (Å²) in [5.41, 5.74) is 0. The lowest BCUT2D eigenvalue weighted by Crippen LogP contribution is -2.46. The number of aliphatic hydroxyl groups is 3. The molecule has 1 aliphatic heterocycles. The van der Waals surface area contributed by atoms with E-state index in [4.69, 9.17) is 24.8 Å². The molecule has 0 bridgehead atoms. The van der Waals surface area contributed by atoms with Crippen LogP contribution in [0.15, 0.2) is 0 Å². The number of aliphatic hydroxyl groups excluding tert-OH is 2. The highest BCUT2D eigenvalue weighted by Gasteiger charge is 2.30. The molecule has 0 aromatic heterocycles. The van der Waals surface area contributed by atoms with Gasteiger partial charge < -0.3 is 24.8 Å². The Bertz CT molecular complexity index is 126. The third-order valence-electron chi connectivity index (χ3n) is 1.55. The molecule has 0 spiro atoms. The van der Waals surface area contributed by atoms with Crippen LogP contribution in [-0.4, -0.2) is 46.7 Å². The van der Waals surface area contributed by atoms with E-state index >= 15 is 0 Å². The fourth-order valence-corrected chi connectivity index (χ4v) is 0.867. The van der Waals surface area contributed by atoms with Crippen molar-refractivity contribution < 1.29 is 24.8 Å². The summed E-state index contributed by atoms with van der Waals surface area (Å²) in [4.78, 5) is 0. The van der Waals surface area contributed by atoms with E-state index in [1.165, 1.54) is 0 Å². The first kappa shape index (κ1) is 8.89. The van der Waals surface area contributed by atoms with Gasteiger partial charge in [-0.1, -0.05) is 0 Å². The third kappa shape index (κ3) is 2.11. The Morgan fingerprint density at radius 2 is 2.09 bits per heavy atom. The zero-order chi connectivity index (χ0) is 8.43. The fraction of sp³-hybridized carbons (Fsp3) is 1.00. The highest BCUT2D eigenvalue weighted by molar-refractivity contribution is 4.68. The second kappa shape index (κ2) is 3.46. The van der Waals surface area contributed by atoms with Crippen LogP contribution in [0.4, 0.5) is 0 Å². The molecule has 11 heavy (non-hydrogen) atoms. The number of rotatable bonds is 1. The van der Waals surface area contributed by atoms with Gasteiger partial charge in [-0.05, 0) is 6.92 Å². The van der Waals surface area contributed by atoms with Gasteiger partial charge in [-0.15, -0.1) is 0 Å². The van der Waals surface area contributed by atoms with Crippen LogP contribution in [0.3, 0.4) is 0 Å². The molecular weight excluding hydrogens is 152 g/mol. The molecule has 0 amide bonds. The predicted molar refractivity (Wildman–Crippen MR) is 34.5 cm³/mol. The monoisotopic (exact) mass is 164 g/mol. The van der Waals surface area contributed by atoms with Gasteiger partial charge in [0.25, 0.3) is 0 Å². The van der Waals surface area contributed by atoms with Gasteiger partial charge in [0, 0.05) is 0 Å². The molecule has 5 nitrogen and oxygen atoms in total. The highest BCUT2D eigenvalue weighted by Crippen LogP contribution is 2.13. The average molecular weight is 164 g/mol. The molecule has 1 rings (SSSR count). The van der Waals surface area contributed by atoms with Crippen LogP contribution in [0.2, 0.25) is 0 Å². The molecule has 66 valence electrons. The van der Waals surface area contributed by atoms with Gasteiger partial charge in [0.2, 0.25) is 0 Å². The first-order valence-corrected chi connectivity index (χ1v) is 3.42. The maximum atomic E-state index is 8.97. The molecule has 0 radical (unpaired) electrons. The van der Waals surface area contributed by atoms with Crippen LogP contribution in [0, 0.1) is 0 Å². The standard InChI is InChI=1S/C6H12O5/c1-3-6(9)10-2-4(11-3)5(7)8/h3-9H,2H2,1H3. The Balaban J connectivity index is 2.40. The molecule has 0 saturated carbocycles. The summed E-state index contributed by atoms with van der Waals surface area (Å²) in [6.07, 6.45) is -3.79. The number of hydrogen-bond donors (Lipinski definition) is 3. The average Bonchev–Trinajstić information content (AvgIpc) is 1.94. The maximum absolute atomic E-state index is 8.97. The Hall–Kier alpha value is -0.200. The second-order valence-electron chi connectivity index (χ2n) is 2.52. The minimum atomic E-state index is -1.55. The molecule has 1 heterocycles. The van der Waals surface area contributed by atoms with Crippen molar-refractivity contribution >= 4 is 0 Å². The van der Waals surface area contributed by atoms with Crippen molar-refractivity contribution in [2.45, 2.75) is 31.7 Å².